The summed E-state index contributed by atoms with van der Waals surface area (Å²) in [6.45, 7) is 2.16. The molecule has 4 heteroatoms. The third kappa shape index (κ3) is 4.97. The van der Waals surface area contributed by atoms with Gasteiger partial charge >= 0.3 is 0 Å². The van der Waals surface area contributed by atoms with Crippen LogP contribution in [0, 0.1) is 0 Å². The van der Waals surface area contributed by atoms with Crippen LogP contribution in [0.25, 0.3) is 21.9 Å². The van der Waals surface area contributed by atoms with E-state index in [4.69, 9.17) is 9.47 Å². The van der Waals surface area contributed by atoms with Crippen molar-refractivity contribution < 1.29 is 14.3 Å². The molecule has 1 unspecified atom stereocenters. The van der Waals surface area contributed by atoms with E-state index in [1.807, 2.05) is 36.2 Å². The third-order valence-electron chi connectivity index (χ3n) is 6.14. The quantitative estimate of drug-likeness (QED) is 0.496. The van der Waals surface area contributed by atoms with Crippen molar-refractivity contribution in [1.29, 1.82) is 0 Å². The molecule has 3 aromatic carbocycles. The number of hydrogen-bond acceptors (Lipinski definition) is 3. The second-order valence-corrected chi connectivity index (χ2v) is 8.34. The largest absolute Gasteiger partial charge is 0.380 e. The first-order valence-corrected chi connectivity index (χ1v) is 11.1. The van der Waals surface area contributed by atoms with Crippen LogP contribution in [-0.2, 0) is 16.1 Å². The number of ether oxygens (including phenoxy) is 2. The van der Waals surface area contributed by atoms with Crippen LogP contribution in [0.15, 0.2) is 60.7 Å². The maximum absolute atomic E-state index is 13.3. The second-order valence-electron chi connectivity index (χ2n) is 8.34. The van der Waals surface area contributed by atoms with Crippen LogP contribution < -0.4 is 0 Å². The lowest BCUT2D eigenvalue weighted by atomic mass is 9.94. The van der Waals surface area contributed by atoms with Crippen LogP contribution in [-0.4, -0.2) is 44.2 Å². The summed E-state index contributed by atoms with van der Waals surface area (Å²) in [5, 5.41) is 2.09. The van der Waals surface area contributed by atoms with Gasteiger partial charge < -0.3 is 14.4 Å². The van der Waals surface area contributed by atoms with E-state index in [1.54, 1.807) is 7.11 Å². The van der Waals surface area contributed by atoms with Gasteiger partial charge in [0.15, 0.2) is 0 Å². The Morgan fingerprint density at radius 1 is 1.03 bits per heavy atom. The summed E-state index contributed by atoms with van der Waals surface area (Å²) in [5.74, 6) is 0.0639. The molecule has 0 spiro atoms. The Morgan fingerprint density at radius 2 is 1.81 bits per heavy atom. The van der Waals surface area contributed by atoms with Crippen molar-refractivity contribution in [3.05, 3.63) is 71.8 Å². The van der Waals surface area contributed by atoms with E-state index >= 15 is 0 Å². The summed E-state index contributed by atoms with van der Waals surface area (Å²) in [5.41, 5.74) is 4.17. The maximum Gasteiger partial charge on any atom is 0.254 e. The Kier molecular flexibility index (Phi) is 7.00. The predicted molar refractivity (Wildman–Crippen MR) is 125 cm³/mol. The van der Waals surface area contributed by atoms with Gasteiger partial charge in [-0.2, -0.15) is 0 Å². The van der Waals surface area contributed by atoms with Crippen molar-refractivity contribution in [2.24, 2.45) is 0 Å². The average molecular weight is 418 g/mol. The first-order valence-electron chi connectivity index (χ1n) is 11.1. The number of hydrogen-bond donors (Lipinski definition) is 0. The smallest absolute Gasteiger partial charge is 0.254 e. The molecule has 1 heterocycles. The molecule has 0 bridgehead atoms. The van der Waals surface area contributed by atoms with Gasteiger partial charge in [-0.15, -0.1) is 0 Å². The monoisotopic (exact) mass is 417 g/mol. The Hall–Kier alpha value is -2.69. The topological polar surface area (TPSA) is 38.8 Å². The van der Waals surface area contributed by atoms with Crippen molar-refractivity contribution in [3.8, 4) is 11.1 Å². The molecule has 1 amide bonds. The van der Waals surface area contributed by atoms with Gasteiger partial charge in [0.1, 0.15) is 0 Å². The molecule has 162 valence electrons. The molecule has 4 nitrogen and oxygen atoms in total. The molecule has 0 aromatic heterocycles. The molecule has 4 rings (SSSR count). The Labute approximate surface area is 184 Å². The van der Waals surface area contributed by atoms with Crippen molar-refractivity contribution in [2.45, 2.75) is 38.4 Å². The zero-order valence-electron chi connectivity index (χ0n) is 18.5. The van der Waals surface area contributed by atoms with E-state index in [-0.39, 0.29) is 12.0 Å². The Morgan fingerprint density at radius 3 is 2.52 bits per heavy atom. The van der Waals surface area contributed by atoms with E-state index in [0.717, 1.165) is 58.9 Å². The molecular formula is C27H31NO3. The zero-order valence-corrected chi connectivity index (χ0v) is 18.5. The van der Waals surface area contributed by atoms with E-state index in [9.17, 15) is 4.79 Å². The van der Waals surface area contributed by atoms with Crippen LogP contribution in [0.3, 0.4) is 0 Å². The van der Waals surface area contributed by atoms with Crippen LogP contribution in [0.4, 0.5) is 0 Å². The normalized spacial score (nSPS) is 16.4. The lowest BCUT2D eigenvalue weighted by Crippen LogP contribution is -2.31. The van der Waals surface area contributed by atoms with E-state index in [1.165, 1.54) is 6.42 Å². The summed E-state index contributed by atoms with van der Waals surface area (Å²) in [7, 11) is 3.60. The number of benzene rings is 3. The highest BCUT2D eigenvalue weighted by Crippen LogP contribution is 2.31. The number of fused-ring (bicyclic) bond motifs is 1. The van der Waals surface area contributed by atoms with Crippen LogP contribution in [0.2, 0.25) is 0 Å². The number of amides is 1. The molecule has 1 atom stereocenters. The summed E-state index contributed by atoms with van der Waals surface area (Å²) < 4.78 is 11.0. The summed E-state index contributed by atoms with van der Waals surface area (Å²) in [6, 6.07) is 20.6. The first-order chi connectivity index (χ1) is 15.2. The Balaban J connectivity index is 1.57. The molecular weight excluding hydrogens is 386 g/mol. The van der Waals surface area contributed by atoms with Gasteiger partial charge in [0, 0.05) is 32.9 Å². The lowest BCUT2D eigenvalue weighted by Gasteiger charge is -2.25. The first kappa shape index (κ1) is 21.5. The minimum atomic E-state index is 0.0639. The van der Waals surface area contributed by atoms with E-state index < -0.39 is 0 Å². The number of nitrogens with zero attached hydrogens (tertiary/aromatic N) is 1. The summed E-state index contributed by atoms with van der Waals surface area (Å²) in [4.78, 5) is 15.1. The van der Waals surface area contributed by atoms with Crippen molar-refractivity contribution in [2.75, 3.05) is 27.3 Å². The molecule has 0 N–H and O–H groups in total. The highest BCUT2D eigenvalue weighted by atomic mass is 16.5. The molecule has 3 aromatic rings. The molecule has 31 heavy (non-hydrogen) atoms. The van der Waals surface area contributed by atoms with Gasteiger partial charge in [0.25, 0.3) is 5.91 Å². The SMILES string of the molecule is COCc1ccc(-c2ccc(C(=O)N(C)CCC3CCCCO3)c3ccccc23)cc1. The van der Waals surface area contributed by atoms with Gasteiger partial charge in [-0.1, -0.05) is 54.6 Å². The van der Waals surface area contributed by atoms with Crippen molar-refractivity contribution in [3.63, 3.8) is 0 Å². The third-order valence-corrected chi connectivity index (χ3v) is 6.14. The lowest BCUT2D eigenvalue weighted by molar-refractivity contribution is 0.00710. The van der Waals surface area contributed by atoms with E-state index in [0.29, 0.717) is 13.2 Å². The van der Waals surface area contributed by atoms with Gasteiger partial charge in [0.05, 0.1) is 12.7 Å². The highest BCUT2D eigenvalue weighted by molar-refractivity contribution is 6.10. The molecule has 1 saturated heterocycles. The van der Waals surface area contributed by atoms with Gasteiger partial charge in [-0.3, -0.25) is 4.79 Å². The number of carbonyl (C=O) groups is 1. The minimum absolute atomic E-state index is 0.0639. The molecule has 1 fully saturated rings. The molecule has 0 saturated carbocycles. The standard InChI is InChI=1S/C27H31NO3/c1-28(17-16-22-7-5-6-18-31-22)27(29)26-15-14-23(24-8-3-4-9-25(24)26)21-12-10-20(11-13-21)19-30-2/h3-4,8-15,22H,5-7,16-19H2,1-2H3. The highest BCUT2D eigenvalue weighted by Gasteiger charge is 2.19. The number of methoxy groups -OCH3 is 1. The molecule has 0 aliphatic carbocycles. The minimum Gasteiger partial charge on any atom is -0.380 e. The molecule has 0 radical (unpaired) electrons. The maximum atomic E-state index is 13.3. The second kappa shape index (κ2) is 10.1. The summed E-state index contributed by atoms with van der Waals surface area (Å²) >= 11 is 0. The van der Waals surface area contributed by atoms with Crippen molar-refractivity contribution >= 4 is 16.7 Å². The van der Waals surface area contributed by atoms with Crippen molar-refractivity contribution in [1.82, 2.24) is 4.90 Å². The number of carbonyl (C=O) groups excluding carboxylic acids is 1. The molecule has 1 aliphatic rings. The molecule has 1 aliphatic heterocycles. The summed E-state index contributed by atoms with van der Waals surface area (Å²) in [6.07, 6.45) is 4.65. The van der Waals surface area contributed by atoms with Crippen LogP contribution in [0.1, 0.15) is 41.6 Å². The predicted octanol–water partition coefficient (Wildman–Crippen LogP) is 5.68. The fourth-order valence-corrected chi connectivity index (χ4v) is 4.36. The van der Waals surface area contributed by atoms with Crippen LogP contribution >= 0.6 is 0 Å². The van der Waals surface area contributed by atoms with Crippen LogP contribution in [0.5, 0.6) is 0 Å². The van der Waals surface area contributed by atoms with E-state index in [2.05, 4.69) is 36.4 Å². The number of rotatable bonds is 7. The average Bonchev–Trinajstić information content (AvgIpc) is 2.83. The fraction of sp³-hybridized carbons (Fsp3) is 0.370. The van der Waals surface area contributed by atoms with Gasteiger partial charge in [-0.05, 0) is 59.2 Å². The zero-order chi connectivity index (χ0) is 21.6. The Bertz CT molecular complexity index is 1020. The van der Waals surface area contributed by atoms with Gasteiger partial charge in [-0.25, -0.2) is 0 Å². The fourth-order valence-electron chi connectivity index (χ4n) is 4.36. The van der Waals surface area contributed by atoms with Gasteiger partial charge in [0.2, 0.25) is 0 Å².